The number of ether oxygens (including phenoxy) is 1. The van der Waals surface area contributed by atoms with Crippen molar-refractivity contribution in [2.45, 2.75) is 19.6 Å². The van der Waals surface area contributed by atoms with Gasteiger partial charge < -0.3 is 15.0 Å². The zero-order valence-electron chi connectivity index (χ0n) is 13.4. The minimum Gasteiger partial charge on any atom is -0.373 e. The number of aryl methyl sites for hydroxylation is 1. The van der Waals surface area contributed by atoms with E-state index in [-0.39, 0.29) is 11.7 Å². The molecule has 1 aliphatic rings. The van der Waals surface area contributed by atoms with Gasteiger partial charge in [0.25, 0.3) is 5.56 Å². The molecule has 1 atom stereocenters. The third kappa shape index (κ3) is 3.75. The highest BCUT2D eigenvalue weighted by molar-refractivity contribution is 5.42. The molecule has 0 amide bonds. The summed E-state index contributed by atoms with van der Waals surface area (Å²) in [6.45, 7) is 4.73. The van der Waals surface area contributed by atoms with Crippen LogP contribution in [0.4, 0.5) is 5.82 Å². The molecule has 7 heteroatoms. The fraction of sp³-hybridized carbons (Fsp3) is 0.438. The average Bonchev–Trinajstić information content (AvgIpc) is 2.55. The molecule has 1 fully saturated rings. The summed E-state index contributed by atoms with van der Waals surface area (Å²) < 4.78 is 5.81. The Labute approximate surface area is 134 Å². The van der Waals surface area contributed by atoms with Gasteiger partial charge in [-0.15, -0.1) is 0 Å². The molecule has 0 saturated carbocycles. The van der Waals surface area contributed by atoms with Gasteiger partial charge in [0.2, 0.25) is 0 Å². The Kier molecular flexibility index (Phi) is 4.68. The van der Waals surface area contributed by atoms with Crippen LogP contribution in [0, 0.1) is 6.92 Å². The van der Waals surface area contributed by atoms with Gasteiger partial charge in [0.15, 0.2) is 0 Å². The van der Waals surface area contributed by atoms with Crippen LogP contribution in [0.25, 0.3) is 0 Å². The van der Waals surface area contributed by atoms with Crippen LogP contribution in [-0.2, 0) is 11.3 Å². The van der Waals surface area contributed by atoms with Crippen molar-refractivity contribution in [2.24, 2.45) is 0 Å². The van der Waals surface area contributed by atoms with Gasteiger partial charge in [-0.1, -0.05) is 6.07 Å². The zero-order chi connectivity index (χ0) is 16.2. The molecule has 7 nitrogen and oxygen atoms in total. The molecule has 0 unspecified atom stereocenters. The molecular formula is C16H21N5O2. The van der Waals surface area contributed by atoms with E-state index >= 15 is 0 Å². The van der Waals surface area contributed by atoms with Crippen molar-refractivity contribution >= 4 is 5.82 Å². The Morgan fingerprint density at radius 3 is 3.17 bits per heavy atom. The molecule has 1 aliphatic heterocycles. The SMILES string of the molecule is CNc1ncccc1CN1CCO[C@@H](c2cc(=O)[nH]c(C)n2)C1. The van der Waals surface area contributed by atoms with Crippen LogP contribution in [0.15, 0.2) is 29.2 Å². The van der Waals surface area contributed by atoms with E-state index in [0.29, 0.717) is 24.7 Å². The minimum atomic E-state index is -0.181. The quantitative estimate of drug-likeness (QED) is 0.879. The fourth-order valence-electron chi connectivity index (χ4n) is 2.82. The van der Waals surface area contributed by atoms with Crippen LogP contribution in [0.5, 0.6) is 0 Å². The van der Waals surface area contributed by atoms with Gasteiger partial charge in [-0.3, -0.25) is 9.69 Å². The Hall–Kier alpha value is -2.25. The molecule has 1 saturated heterocycles. The van der Waals surface area contributed by atoms with Crippen molar-refractivity contribution < 1.29 is 4.74 Å². The van der Waals surface area contributed by atoms with E-state index in [1.54, 1.807) is 13.1 Å². The van der Waals surface area contributed by atoms with E-state index in [1.165, 1.54) is 6.07 Å². The van der Waals surface area contributed by atoms with Gasteiger partial charge in [-0.2, -0.15) is 0 Å². The topological polar surface area (TPSA) is 83.1 Å². The standard InChI is InChI=1S/C16H21N5O2/c1-11-19-13(8-15(22)20-11)14-10-21(6-7-23-14)9-12-4-3-5-18-16(12)17-2/h3-5,8,14H,6-7,9-10H2,1-2H3,(H,17,18)(H,19,20,22)/t14-/m1/s1. The number of pyridine rings is 1. The summed E-state index contributed by atoms with van der Waals surface area (Å²) in [6.07, 6.45) is 1.60. The van der Waals surface area contributed by atoms with Crippen LogP contribution >= 0.6 is 0 Å². The molecule has 0 spiro atoms. The number of H-pyrrole nitrogens is 1. The smallest absolute Gasteiger partial charge is 0.251 e. The summed E-state index contributed by atoms with van der Waals surface area (Å²) in [7, 11) is 1.87. The molecular weight excluding hydrogens is 294 g/mol. The van der Waals surface area contributed by atoms with Gasteiger partial charge in [0.1, 0.15) is 17.7 Å². The van der Waals surface area contributed by atoms with Gasteiger partial charge in [-0.25, -0.2) is 9.97 Å². The molecule has 0 bridgehead atoms. The number of anilines is 1. The number of nitrogens with one attached hydrogen (secondary N) is 2. The maximum atomic E-state index is 11.6. The van der Waals surface area contributed by atoms with Crippen LogP contribution in [0.1, 0.15) is 23.2 Å². The lowest BCUT2D eigenvalue weighted by atomic mass is 10.1. The highest BCUT2D eigenvalue weighted by Gasteiger charge is 2.24. The average molecular weight is 315 g/mol. The van der Waals surface area contributed by atoms with Crippen LogP contribution in [0.3, 0.4) is 0 Å². The van der Waals surface area contributed by atoms with Crippen LogP contribution < -0.4 is 10.9 Å². The molecule has 2 N–H and O–H groups in total. The lowest BCUT2D eigenvalue weighted by Gasteiger charge is -2.32. The highest BCUT2D eigenvalue weighted by Crippen LogP contribution is 2.22. The maximum absolute atomic E-state index is 11.6. The van der Waals surface area contributed by atoms with Gasteiger partial charge in [0.05, 0.1) is 12.3 Å². The molecule has 3 rings (SSSR count). The fourth-order valence-corrected chi connectivity index (χ4v) is 2.82. The molecule has 0 aromatic carbocycles. The van der Waals surface area contributed by atoms with Crippen molar-refractivity contribution in [1.82, 2.24) is 19.9 Å². The van der Waals surface area contributed by atoms with Crippen molar-refractivity contribution in [3.63, 3.8) is 0 Å². The van der Waals surface area contributed by atoms with Crippen LogP contribution in [-0.4, -0.2) is 46.6 Å². The highest BCUT2D eigenvalue weighted by atomic mass is 16.5. The largest absolute Gasteiger partial charge is 0.373 e. The minimum absolute atomic E-state index is 0.141. The Bertz CT molecular complexity index is 730. The predicted molar refractivity (Wildman–Crippen MR) is 87.3 cm³/mol. The van der Waals surface area contributed by atoms with Crippen molar-refractivity contribution in [1.29, 1.82) is 0 Å². The second-order valence-corrected chi connectivity index (χ2v) is 5.61. The van der Waals surface area contributed by atoms with E-state index in [0.717, 1.165) is 24.5 Å². The number of nitrogens with zero attached hydrogens (tertiary/aromatic N) is 3. The Balaban J connectivity index is 1.74. The molecule has 2 aromatic heterocycles. The number of hydrogen-bond donors (Lipinski definition) is 2. The first kappa shape index (κ1) is 15.6. The summed E-state index contributed by atoms with van der Waals surface area (Å²) in [4.78, 5) is 25.3. The van der Waals surface area contributed by atoms with E-state index in [1.807, 2.05) is 13.1 Å². The molecule has 3 heterocycles. The normalized spacial score (nSPS) is 18.8. The summed E-state index contributed by atoms with van der Waals surface area (Å²) in [5, 5.41) is 3.12. The Morgan fingerprint density at radius 1 is 1.52 bits per heavy atom. The number of aromatic nitrogens is 3. The third-order valence-corrected chi connectivity index (χ3v) is 3.88. The first-order chi connectivity index (χ1) is 11.2. The molecule has 23 heavy (non-hydrogen) atoms. The van der Waals surface area contributed by atoms with Crippen molar-refractivity contribution in [2.75, 3.05) is 32.1 Å². The summed E-state index contributed by atoms with van der Waals surface area (Å²) in [5.41, 5.74) is 1.69. The first-order valence-corrected chi connectivity index (χ1v) is 7.69. The summed E-state index contributed by atoms with van der Waals surface area (Å²) in [6, 6.07) is 5.53. The van der Waals surface area contributed by atoms with E-state index < -0.39 is 0 Å². The number of rotatable bonds is 4. The predicted octanol–water partition coefficient (Wildman–Crippen LogP) is 1.09. The first-order valence-electron chi connectivity index (χ1n) is 7.69. The van der Waals surface area contributed by atoms with E-state index in [9.17, 15) is 4.79 Å². The van der Waals surface area contributed by atoms with E-state index in [4.69, 9.17) is 4.74 Å². The summed E-state index contributed by atoms with van der Waals surface area (Å²) in [5.74, 6) is 1.50. The number of hydrogen-bond acceptors (Lipinski definition) is 6. The zero-order valence-corrected chi connectivity index (χ0v) is 13.4. The third-order valence-electron chi connectivity index (χ3n) is 3.88. The second-order valence-electron chi connectivity index (χ2n) is 5.61. The van der Waals surface area contributed by atoms with E-state index in [2.05, 4.69) is 31.2 Å². The lowest BCUT2D eigenvalue weighted by molar-refractivity contribution is -0.0351. The molecule has 2 aromatic rings. The lowest BCUT2D eigenvalue weighted by Crippen LogP contribution is -2.38. The summed E-state index contributed by atoms with van der Waals surface area (Å²) >= 11 is 0. The maximum Gasteiger partial charge on any atom is 0.251 e. The van der Waals surface area contributed by atoms with Gasteiger partial charge in [0, 0.05) is 44.5 Å². The monoisotopic (exact) mass is 315 g/mol. The van der Waals surface area contributed by atoms with Crippen LogP contribution in [0.2, 0.25) is 0 Å². The molecule has 122 valence electrons. The molecule has 0 aliphatic carbocycles. The number of aromatic amines is 1. The Morgan fingerprint density at radius 2 is 2.39 bits per heavy atom. The second kappa shape index (κ2) is 6.89. The van der Waals surface area contributed by atoms with Gasteiger partial charge in [-0.05, 0) is 13.0 Å². The van der Waals surface area contributed by atoms with Crippen molar-refractivity contribution in [3.05, 3.63) is 51.8 Å². The number of morpholine rings is 1. The van der Waals surface area contributed by atoms with Gasteiger partial charge >= 0.3 is 0 Å². The molecule has 0 radical (unpaired) electrons. The van der Waals surface area contributed by atoms with Crippen molar-refractivity contribution in [3.8, 4) is 0 Å².